The Morgan fingerprint density at radius 1 is 1.05 bits per heavy atom. The molecule has 3 atom stereocenters. The third kappa shape index (κ3) is 3.89. The van der Waals surface area contributed by atoms with E-state index in [-0.39, 0.29) is 40.4 Å². The average molecular weight is 548 g/mol. The molecule has 3 N–H and O–H groups in total. The molecule has 0 unspecified atom stereocenters. The van der Waals surface area contributed by atoms with Gasteiger partial charge in [-0.1, -0.05) is 12.5 Å². The fourth-order valence-electron chi connectivity index (χ4n) is 6.55. The number of hydrogen-bond donors (Lipinski definition) is 2. The van der Waals surface area contributed by atoms with Gasteiger partial charge in [-0.05, 0) is 44.6 Å². The highest BCUT2D eigenvalue weighted by Crippen LogP contribution is 2.45. The number of fused-ring (bicyclic) bond motifs is 3. The van der Waals surface area contributed by atoms with E-state index < -0.39 is 9.84 Å². The maximum atomic E-state index is 13.1. The van der Waals surface area contributed by atoms with E-state index in [0.717, 1.165) is 35.9 Å². The Labute approximate surface area is 225 Å². The molecular weight excluding hydrogens is 518 g/mol. The van der Waals surface area contributed by atoms with Gasteiger partial charge < -0.3 is 10.6 Å². The topological polar surface area (TPSA) is 165 Å². The Morgan fingerprint density at radius 2 is 1.82 bits per heavy atom. The van der Waals surface area contributed by atoms with E-state index in [4.69, 9.17) is 10.7 Å². The van der Waals surface area contributed by atoms with Crippen LogP contribution in [0, 0.1) is 0 Å². The van der Waals surface area contributed by atoms with Crippen molar-refractivity contribution in [3.8, 4) is 11.1 Å². The van der Waals surface area contributed by atoms with Crippen molar-refractivity contribution in [3.63, 3.8) is 0 Å². The van der Waals surface area contributed by atoms with Crippen LogP contribution in [0.4, 0.5) is 5.82 Å². The summed E-state index contributed by atoms with van der Waals surface area (Å²) in [5.74, 6) is 0.431. The van der Waals surface area contributed by atoms with Gasteiger partial charge >= 0.3 is 0 Å². The van der Waals surface area contributed by atoms with Crippen molar-refractivity contribution in [2.45, 2.75) is 73.8 Å². The highest BCUT2D eigenvalue weighted by Gasteiger charge is 2.46. The molecule has 2 saturated heterocycles. The SMILES string of the molecule is CS(=O)(=O)c1c([C@H]2C[C@H]3CC[C@@H](C2)N3C(=O)c2ncn[nH]2)nc2c(-c3ccc(C4CCC4)nc3)cnn2c1N. The van der Waals surface area contributed by atoms with Crippen LogP contribution in [0.25, 0.3) is 16.8 Å². The maximum absolute atomic E-state index is 13.1. The van der Waals surface area contributed by atoms with Crippen LogP contribution >= 0.6 is 0 Å². The molecule has 1 saturated carbocycles. The van der Waals surface area contributed by atoms with Crippen LogP contribution in [0.3, 0.4) is 0 Å². The van der Waals surface area contributed by atoms with E-state index in [9.17, 15) is 13.2 Å². The molecule has 2 aliphatic heterocycles. The van der Waals surface area contributed by atoms with Crippen molar-refractivity contribution in [3.05, 3.63) is 48.1 Å². The number of nitrogens with two attached hydrogens (primary N) is 1. The predicted molar refractivity (Wildman–Crippen MR) is 142 cm³/mol. The lowest BCUT2D eigenvalue weighted by atomic mass is 9.82. The second kappa shape index (κ2) is 8.83. The van der Waals surface area contributed by atoms with Gasteiger partial charge in [0.15, 0.2) is 15.5 Å². The molecule has 39 heavy (non-hydrogen) atoms. The Morgan fingerprint density at radius 3 is 2.41 bits per heavy atom. The third-order valence-corrected chi connectivity index (χ3v) is 9.79. The van der Waals surface area contributed by atoms with Crippen LogP contribution in [0.5, 0.6) is 0 Å². The summed E-state index contributed by atoms with van der Waals surface area (Å²) in [6.45, 7) is 0. The van der Waals surface area contributed by atoms with Gasteiger partial charge in [-0.2, -0.15) is 14.7 Å². The van der Waals surface area contributed by atoms with Crippen molar-refractivity contribution >= 4 is 27.2 Å². The van der Waals surface area contributed by atoms with Gasteiger partial charge in [-0.25, -0.2) is 18.4 Å². The van der Waals surface area contributed by atoms with Crippen molar-refractivity contribution in [1.82, 2.24) is 39.7 Å². The summed E-state index contributed by atoms with van der Waals surface area (Å²) < 4.78 is 27.5. The Hall–Kier alpha value is -3.87. The monoisotopic (exact) mass is 547 g/mol. The Balaban J connectivity index is 1.28. The number of carbonyl (C=O) groups is 1. The summed E-state index contributed by atoms with van der Waals surface area (Å²) in [4.78, 5) is 28.7. The van der Waals surface area contributed by atoms with Crippen LogP contribution < -0.4 is 5.73 Å². The number of nitrogen functional groups attached to an aromatic ring is 1. The van der Waals surface area contributed by atoms with E-state index in [0.29, 0.717) is 30.1 Å². The highest BCUT2D eigenvalue weighted by atomic mass is 32.2. The summed E-state index contributed by atoms with van der Waals surface area (Å²) >= 11 is 0. The summed E-state index contributed by atoms with van der Waals surface area (Å²) in [6, 6.07) is 3.97. The van der Waals surface area contributed by atoms with Gasteiger partial charge in [0.2, 0.25) is 5.82 Å². The first-order valence-electron chi connectivity index (χ1n) is 13.3. The number of amides is 1. The Kier molecular flexibility index (Phi) is 5.48. The lowest BCUT2D eigenvalue weighted by Crippen LogP contribution is -2.46. The van der Waals surface area contributed by atoms with Gasteiger partial charge in [0.1, 0.15) is 17.0 Å². The van der Waals surface area contributed by atoms with Crippen LogP contribution in [-0.2, 0) is 9.84 Å². The van der Waals surface area contributed by atoms with Gasteiger partial charge in [0.25, 0.3) is 5.91 Å². The fourth-order valence-corrected chi connectivity index (χ4v) is 7.61. The number of carbonyl (C=O) groups excluding carboxylic acids is 1. The summed E-state index contributed by atoms with van der Waals surface area (Å²) in [6.07, 6.45) is 12.4. The molecule has 4 aromatic heterocycles. The molecule has 13 heteroatoms. The van der Waals surface area contributed by atoms with Crippen molar-refractivity contribution in [2.24, 2.45) is 0 Å². The zero-order chi connectivity index (χ0) is 26.9. The van der Waals surface area contributed by atoms with Crippen molar-refractivity contribution < 1.29 is 13.2 Å². The largest absolute Gasteiger partial charge is 0.382 e. The van der Waals surface area contributed by atoms with Crippen molar-refractivity contribution in [1.29, 1.82) is 0 Å². The lowest BCUT2D eigenvalue weighted by Gasteiger charge is -2.38. The molecule has 6 heterocycles. The van der Waals surface area contributed by atoms with Crippen LogP contribution in [0.15, 0.2) is 35.7 Å². The molecule has 7 rings (SSSR count). The predicted octanol–water partition coefficient (Wildman–Crippen LogP) is 2.71. The second-order valence-electron chi connectivity index (χ2n) is 11.0. The summed E-state index contributed by atoms with van der Waals surface area (Å²) in [7, 11) is -3.72. The molecule has 3 fully saturated rings. The van der Waals surface area contributed by atoms with Crippen LogP contribution in [0.2, 0.25) is 0 Å². The number of nitrogens with zero attached hydrogens (tertiary/aromatic N) is 7. The molecule has 12 nitrogen and oxygen atoms in total. The number of sulfone groups is 1. The zero-order valence-corrected chi connectivity index (χ0v) is 22.3. The number of rotatable bonds is 5. The minimum Gasteiger partial charge on any atom is -0.382 e. The van der Waals surface area contributed by atoms with Gasteiger partial charge in [-0.3, -0.25) is 14.9 Å². The molecule has 2 bridgehead atoms. The number of nitrogens with one attached hydrogen (secondary N) is 1. The minimum absolute atomic E-state index is 0.0162. The number of hydrogen-bond acceptors (Lipinski definition) is 9. The van der Waals surface area contributed by atoms with E-state index in [1.54, 1.807) is 6.20 Å². The number of aromatic amines is 1. The summed E-state index contributed by atoms with van der Waals surface area (Å²) in [5, 5.41) is 10.9. The first-order chi connectivity index (χ1) is 18.8. The average Bonchev–Trinajstić information content (AvgIpc) is 3.61. The van der Waals surface area contributed by atoms with Crippen molar-refractivity contribution in [2.75, 3.05) is 12.0 Å². The maximum Gasteiger partial charge on any atom is 0.291 e. The second-order valence-corrected chi connectivity index (χ2v) is 12.9. The standard InChI is InChI=1S/C26H29N9O3S/c1-39(37,38)22-21(16-9-17-6-7-18(10-16)34(17)26(36)24-29-13-30-33-24)32-25-19(12-31-35(25)23(22)27)15-5-8-20(28-11-15)14-3-2-4-14/h5,8,11-14,16-18H,2-4,6-7,9-10,27H2,1H3,(H,29,30,33)/t16-,17+,18-. The zero-order valence-electron chi connectivity index (χ0n) is 21.5. The molecule has 1 aliphatic carbocycles. The smallest absolute Gasteiger partial charge is 0.291 e. The van der Waals surface area contributed by atoms with Gasteiger partial charge in [0.05, 0.1) is 11.9 Å². The lowest BCUT2D eigenvalue weighted by molar-refractivity contribution is 0.0556. The normalized spacial score (nSPS) is 23.3. The van der Waals surface area contributed by atoms with Crippen LogP contribution in [0.1, 0.15) is 78.8 Å². The van der Waals surface area contributed by atoms with Gasteiger partial charge in [0, 0.05) is 53.2 Å². The molecule has 202 valence electrons. The molecule has 1 amide bonds. The van der Waals surface area contributed by atoms with Gasteiger partial charge in [-0.15, -0.1) is 0 Å². The van der Waals surface area contributed by atoms with E-state index in [1.165, 1.54) is 30.1 Å². The molecule has 0 spiro atoms. The number of pyridine rings is 1. The first-order valence-corrected chi connectivity index (χ1v) is 15.2. The molecule has 3 aliphatic rings. The molecule has 0 aromatic carbocycles. The van der Waals surface area contributed by atoms with E-state index in [1.807, 2.05) is 17.2 Å². The third-order valence-electron chi connectivity index (χ3n) is 8.63. The number of aromatic nitrogens is 7. The van der Waals surface area contributed by atoms with E-state index >= 15 is 0 Å². The molecule has 4 aromatic rings. The number of piperidine rings is 1. The Bertz CT molecular complexity index is 1660. The van der Waals surface area contributed by atoms with Crippen LogP contribution in [-0.4, -0.2) is 72.3 Å². The first kappa shape index (κ1) is 24.2. The minimum atomic E-state index is -3.72. The number of anilines is 1. The fraction of sp³-hybridized carbons (Fsp3) is 0.462. The highest BCUT2D eigenvalue weighted by molar-refractivity contribution is 7.91. The number of H-pyrrole nitrogens is 1. The molecule has 0 radical (unpaired) electrons. The molecular formula is C26H29N9O3S. The quantitative estimate of drug-likeness (QED) is 0.382. The summed E-state index contributed by atoms with van der Waals surface area (Å²) in [5.41, 5.74) is 10.1. The van der Waals surface area contributed by atoms with E-state index in [2.05, 4.69) is 31.3 Å².